The number of aliphatic carboxylic acids is 1. The van der Waals surface area contributed by atoms with Crippen molar-refractivity contribution in [2.75, 3.05) is 0 Å². The van der Waals surface area contributed by atoms with Crippen molar-refractivity contribution in [3.8, 4) is 0 Å². The molecule has 1 aromatic rings. The van der Waals surface area contributed by atoms with Gasteiger partial charge in [0.25, 0.3) is 0 Å². The predicted octanol–water partition coefficient (Wildman–Crippen LogP) is 2.85. The topological polar surface area (TPSA) is 49.3 Å². The molecule has 3 nitrogen and oxygen atoms in total. The molecular weight excluding hydrogens is 226 g/mol. The standard InChI is InChI=1S/C12H16ClNO2/c1-8(7-12(15)16)14-9(2)10-5-3-4-6-11(10)13/h3-6,8-9,14H,7H2,1-2H3,(H,15,16). The number of carboxylic acid groups (broad SMARTS) is 1. The zero-order chi connectivity index (χ0) is 12.1. The van der Waals surface area contributed by atoms with E-state index in [1.165, 1.54) is 0 Å². The lowest BCUT2D eigenvalue weighted by molar-refractivity contribution is -0.137. The van der Waals surface area contributed by atoms with E-state index < -0.39 is 5.97 Å². The Balaban J connectivity index is 2.62. The first-order valence-electron chi connectivity index (χ1n) is 5.23. The van der Waals surface area contributed by atoms with Crippen LogP contribution in [0.2, 0.25) is 5.02 Å². The van der Waals surface area contributed by atoms with Crippen molar-refractivity contribution in [2.24, 2.45) is 0 Å². The molecule has 0 bridgehead atoms. The molecule has 0 aliphatic heterocycles. The summed E-state index contributed by atoms with van der Waals surface area (Å²) < 4.78 is 0. The quantitative estimate of drug-likeness (QED) is 0.834. The maximum absolute atomic E-state index is 10.5. The third-order valence-corrected chi connectivity index (χ3v) is 2.73. The second-order valence-corrected chi connectivity index (χ2v) is 4.32. The van der Waals surface area contributed by atoms with Gasteiger partial charge in [-0.1, -0.05) is 29.8 Å². The van der Waals surface area contributed by atoms with Crippen LogP contribution in [0, 0.1) is 0 Å². The van der Waals surface area contributed by atoms with Crippen LogP contribution in [-0.4, -0.2) is 17.1 Å². The second kappa shape index (κ2) is 5.87. The van der Waals surface area contributed by atoms with Gasteiger partial charge in [0.05, 0.1) is 6.42 Å². The van der Waals surface area contributed by atoms with E-state index in [9.17, 15) is 4.79 Å². The van der Waals surface area contributed by atoms with Crippen LogP contribution in [-0.2, 0) is 4.79 Å². The van der Waals surface area contributed by atoms with Gasteiger partial charge in [-0.3, -0.25) is 4.79 Å². The van der Waals surface area contributed by atoms with Crippen molar-refractivity contribution < 1.29 is 9.90 Å². The summed E-state index contributed by atoms with van der Waals surface area (Å²) in [7, 11) is 0. The van der Waals surface area contributed by atoms with E-state index in [0.717, 1.165) is 5.56 Å². The average Bonchev–Trinajstić information content (AvgIpc) is 2.16. The number of halogens is 1. The first-order chi connectivity index (χ1) is 7.50. The van der Waals surface area contributed by atoms with Gasteiger partial charge in [0.2, 0.25) is 0 Å². The zero-order valence-electron chi connectivity index (χ0n) is 9.40. The molecule has 0 radical (unpaired) electrons. The van der Waals surface area contributed by atoms with E-state index in [2.05, 4.69) is 5.32 Å². The molecule has 0 aliphatic rings. The van der Waals surface area contributed by atoms with Gasteiger partial charge in [-0.15, -0.1) is 0 Å². The summed E-state index contributed by atoms with van der Waals surface area (Å²) >= 11 is 6.05. The minimum atomic E-state index is -0.800. The van der Waals surface area contributed by atoms with Crippen LogP contribution in [0.1, 0.15) is 31.9 Å². The Kier molecular flexibility index (Phi) is 4.77. The minimum absolute atomic E-state index is 0.0445. The van der Waals surface area contributed by atoms with Gasteiger partial charge < -0.3 is 10.4 Å². The maximum Gasteiger partial charge on any atom is 0.304 e. The van der Waals surface area contributed by atoms with Crippen LogP contribution >= 0.6 is 11.6 Å². The first-order valence-corrected chi connectivity index (χ1v) is 5.60. The summed E-state index contributed by atoms with van der Waals surface area (Å²) in [6, 6.07) is 7.53. The second-order valence-electron chi connectivity index (χ2n) is 3.91. The molecule has 0 aliphatic carbocycles. The molecule has 0 fully saturated rings. The summed E-state index contributed by atoms with van der Waals surface area (Å²) in [5.41, 5.74) is 0.987. The third kappa shape index (κ3) is 3.83. The summed E-state index contributed by atoms with van der Waals surface area (Å²) in [5, 5.41) is 12.6. The van der Waals surface area contributed by atoms with E-state index in [1.807, 2.05) is 38.1 Å². The highest BCUT2D eigenvalue weighted by atomic mass is 35.5. The Morgan fingerprint density at radius 1 is 1.44 bits per heavy atom. The normalized spacial score (nSPS) is 14.4. The summed E-state index contributed by atoms with van der Waals surface area (Å²) in [6.45, 7) is 3.82. The molecule has 88 valence electrons. The van der Waals surface area contributed by atoms with Crippen molar-refractivity contribution in [1.82, 2.24) is 5.32 Å². The highest BCUT2D eigenvalue weighted by Gasteiger charge is 2.13. The number of carboxylic acids is 1. The lowest BCUT2D eigenvalue weighted by Crippen LogP contribution is -2.31. The largest absolute Gasteiger partial charge is 0.481 e. The lowest BCUT2D eigenvalue weighted by atomic mass is 10.1. The molecule has 1 rings (SSSR count). The number of carbonyl (C=O) groups is 1. The van der Waals surface area contributed by atoms with E-state index in [0.29, 0.717) is 5.02 Å². The molecule has 0 saturated carbocycles. The van der Waals surface area contributed by atoms with Crippen LogP contribution in [0.25, 0.3) is 0 Å². The fourth-order valence-corrected chi connectivity index (χ4v) is 1.96. The highest BCUT2D eigenvalue weighted by Crippen LogP contribution is 2.22. The van der Waals surface area contributed by atoms with Crippen LogP contribution in [0.3, 0.4) is 0 Å². The van der Waals surface area contributed by atoms with Gasteiger partial charge in [-0.2, -0.15) is 0 Å². The minimum Gasteiger partial charge on any atom is -0.481 e. The van der Waals surface area contributed by atoms with Gasteiger partial charge in [-0.05, 0) is 25.5 Å². The van der Waals surface area contributed by atoms with Gasteiger partial charge in [0.1, 0.15) is 0 Å². The summed E-state index contributed by atoms with van der Waals surface area (Å²) in [4.78, 5) is 10.5. The predicted molar refractivity (Wildman–Crippen MR) is 64.7 cm³/mol. The maximum atomic E-state index is 10.5. The van der Waals surface area contributed by atoms with Crippen molar-refractivity contribution in [3.63, 3.8) is 0 Å². The van der Waals surface area contributed by atoms with Crippen LogP contribution in [0.4, 0.5) is 0 Å². The number of benzene rings is 1. The number of hydrogen-bond acceptors (Lipinski definition) is 2. The van der Waals surface area contributed by atoms with Crippen molar-refractivity contribution in [2.45, 2.75) is 32.4 Å². The Morgan fingerprint density at radius 3 is 2.62 bits per heavy atom. The van der Waals surface area contributed by atoms with E-state index in [-0.39, 0.29) is 18.5 Å². The van der Waals surface area contributed by atoms with E-state index >= 15 is 0 Å². The van der Waals surface area contributed by atoms with Crippen LogP contribution in [0.5, 0.6) is 0 Å². The number of nitrogens with one attached hydrogen (secondary N) is 1. The van der Waals surface area contributed by atoms with E-state index in [1.54, 1.807) is 0 Å². The number of hydrogen-bond donors (Lipinski definition) is 2. The molecule has 0 heterocycles. The molecule has 0 spiro atoms. The van der Waals surface area contributed by atoms with Crippen molar-refractivity contribution in [1.29, 1.82) is 0 Å². The molecule has 4 heteroatoms. The fourth-order valence-electron chi connectivity index (χ4n) is 1.66. The fraction of sp³-hybridized carbons (Fsp3) is 0.417. The molecular formula is C12H16ClNO2. The molecule has 2 unspecified atom stereocenters. The Labute approximate surface area is 100 Å². The molecule has 0 saturated heterocycles. The molecule has 0 aromatic heterocycles. The molecule has 1 aromatic carbocycles. The smallest absolute Gasteiger partial charge is 0.304 e. The van der Waals surface area contributed by atoms with Gasteiger partial charge >= 0.3 is 5.97 Å². The van der Waals surface area contributed by atoms with Gasteiger partial charge in [0.15, 0.2) is 0 Å². The summed E-state index contributed by atoms with van der Waals surface area (Å²) in [6.07, 6.45) is 0.106. The van der Waals surface area contributed by atoms with Gasteiger partial charge in [-0.25, -0.2) is 0 Å². The molecule has 2 atom stereocenters. The molecule has 2 N–H and O–H groups in total. The van der Waals surface area contributed by atoms with Crippen molar-refractivity contribution >= 4 is 17.6 Å². The lowest BCUT2D eigenvalue weighted by Gasteiger charge is -2.19. The third-order valence-electron chi connectivity index (χ3n) is 2.39. The van der Waals surface area contributed by atoms with Crippen molar-refractivity contribution in [3.05, 3.63) is 34.9 Å². The van der Waals surface area contributed by atoms with Crippen LogP contribution in [0.15, 0.2) is 24.3 Å². The van der Waals surface area contributed by atoms with Crippen LogP contribution < -0.4 is 5.32 Å². The zero-order valence-corrected chi connectivity index (χ0v) is 10.2. The Morgan fingerprint density at radius 2 is 2.06 bits per heavy atom. The Hall–Kier alpha value is -1.06. The molecule has 16 heavy (non-hydrogen) atoms. The van der Waals surface area contributed by atoms with Gasteiger partial charge in [0, 0.05) is 17.1 Å². The monoisotopic (exact) mass is 241 g/mol. The summed E-state index contributed by atoms with van der Waals surface area (Å²) in [5.74, 6) is -0.800. The first kappa shape index (κ1) is 13.0. The molecule has 0 amide bonds. The average molecular weight is 242 g/mol. The van der Waals surface area contributed by atoms with E-state index in [4.69, 9.17) is 16.7 Å². The number of rotatable bonds is 5. The SMILES string of the molecule is CC(CC(=O)O)NC(C)c1ccccc1Cl. The Bertz CT molecular complexity index is 368. The highest BCUT2D eigenvalue weighted by molar-refractivity contribution is 6.31.